The van der Waals surface area contributed by atoms with Crippen LogP contribution in [0.15, 0.2) is 17.1 Å². The lowest BCUT2D eigenvalue weighted by Gasteiger charge is -2.29. The average molecular weight is 447 g/mol. The van der Waals surface area contributed by atoms with Crippen molar-refractivity contribution >= 4 is 11.9 Å². The van der Waals surface area contributed by atoms with Gasteiger partial charge >= 0.3 is 0 Å². The Morgan fingerprint density at radius 1 is 1.12 bits per heavy atom. The van der Waals surface area contributed by atoms with Crippen molar-refractivity contribution in [3.05, 3.63) is 23.3 Å². The van der Waals surface area contributed by atoms with E-state index in [-0.39, 0.29) is 5.91 Å². The summed E-state index contributed by atoms with van der Waals surface area (Å²) in [4.78, 5) is 19.4. The fourth-order valence-corrected chi connectivity index (χ4v) is 3.88. The standard InChI is InChI=1S/C25H42N4O3/c1-7-26-25(28-19(4)11-10-18(2)3)27-13-8-9-24(30)29-14-12-20-15-22(31-5)23(32-6)16-21(20)17-29/h15-16,18-19H,7-14,17H2,1-6H3,(H2,26,27,28). The maximum Gasteiger partial charge on any atom is 0.222 e. The lowest BCUT2D eigenvalue weighted by Crippen LogP contribution is -2.42. The number of ether oxygens (including phenoxy) is 2. The highest BCUT2D eigenvalue weighted by Gasteiger charge is 2.22. The lowest BCUT2D eigenvalue weighted by atomic mass is 9.98. The Morgan fingerprint density at radius 2 is 1.81 bits per heavy atom. The number of carbonyl (C=O) groups is 1. The van der Waals surface area contributed by atoms with Crippen LogP contribution in [-0.2, 0) is 17.8 Å². The number of nitrogens with zero attached hydrogens (tertiary/aromatic N) is 2. The van der Waals surface area contributed by atoms with Crippen molar-refractivity contribution in [1.82, 2.24) is 15.5 Å². The number of amides is 1. The van der Waals surface area contributed by atoms with E-state index >= 15 is 0 Å². The first-order valence-corrected chi connectivity index (χ1v) is 11.9. The number of guanidine groups is 1. The maximum atomic E-state index is 12.8. The highest BCUT2D eigenvalue weighted by atomic mass is 16.5. The van der Waals surface area contributed by atoms with Gasteiger partial charge in [-0.25, -0.2) is 0 Å². The van der Waals surface area contributed by atoms with Gasteiger partial charge in [-0.3, -0.25) is 9.79 Å². The highest BCUT2D eigenvalue weighted by molar-refractivity contribution is 5.80. The third-order valence-electron chi connectivity index (χ3n) is 5.79. The molecule has 1 aromatic rings. The summed E-state index contributed by atoms with van der Waals surface area (Å²) in [6, 6.07) is 4.40. The van der Waals surface area contributed by atoms with Crippen LogP contribution in [0.3, 0.4) is 0 Å². The van der Waals surface area contributed by atoms with E-state index in [4.69, 9.17) is 9.47 Å². The third kappa shape index (κ3) is 7.92. The van der Waals surface area contributed by atoms with Crippen LogP contribution in [0.5, 0.6) is 11.5 Å². The van der Waals surface area contributed by atoms with E-state index in [0.717, 1.165) is 49.6 Å². The second kappa shape index (κ2) is 13.2. The van der Waals surface area contributed by atoms with Gasteiger partial charge in [0, 0.05) is 38.6 Å². The molecule has 7 heteroatoms. The summed E-state index contributed by atoms with van der Waals surface area (Å²) in [7, 11) is 3.28. The summed E-state index contributed by atoms with van der Waals surface area (Å²) in [5, 5.41) is 6.78. The van der Waals surface area contributed by atoms with Crippen LogP contribution in [0.25, 0.3) is 0 Å². The molecule has 1 aliphatic heterocycles. The molecule has 32 heavy (non-hydrogen) atoms. The van der Waals surface area contributed by atoms with Crippen molar-refractivity contribution in [3.8, 4) is 11.5 Å². The second-order valence-electron chi connectivity index (χ2n) is 8.92. The number of carbonyl (C=O) groups excluding carboxylic acids is 1. The summed E-state index contributed by atoms with van der Waals surface area (Å²) in [5.41, 5.74) is 2.36. The van der Waals surface area contributed by atoms with E-state index in [1.165, 1.54) is 12.0 Å². The van der Waals surface area contributed by atoms with Crippen molar-refractivity contribution in [3.63, 3.8) is 0 Å². The molecule has 0 bridgehead atoms. The average Bonchev–Trinajstić information content (AvgIpc) is 2.78. The molecule has 0 radical (unpaired) electrons. The van der Waals surface area contributed by atoms with Crippen LogP contribution in [0.4, 0.5) is 0 Å². The van der Waals surface area contributed by atoms with Crippen LogP contribution >= 0.6 is 0 Å². The molecule has 1 aromatic carbocycles. The Morgan fingerprint density at radius 3 is 2.44 bits per heavy atom. The Labute approximate surface area is 194 Å². The van der Waals surface area contributed by atoms with Gasteiger partial charge in [-0.1, -0.05) is 13.8 Å². The smallest absolute Gasteiger partial charge is 0.222 e. The Kier molecular flexibility index (Phi) is 10.6. The molecule has 2 rings (SSSR count). The van der Waals surface area contributed by atoms with Gasteiger partial charge in [0.05, 0.1) is 14.2 Å². The zero-order valence-electron chi connectivity index (χ0n) is 20.8. The molecule has 1 unspecified atom stereocenters. The number of aliphatic imine (C=N–C) groups is 1. The molecule has 1 heterocycles. The summed E-state index contributed by atoms with van der Waals surface area (Å²) in [5.74, 6) is 3.18. The first kappa shape index (κ1) is 25.8. The summed E-state index contributed by atoms with van der Waals surface area (Å²) >= 11 is 0. The molecule has 1 atom stereocenters. The van der Waals surface area contributed by atoms with E-state index in [0.29, 0.717) is 37.2 Å². The van der Waals surface area contributed by atoms with Gasteiger partial charge in [0.2, 0.25) is 5.91 Å². The maximum absolute atomic E-state index is 12.8. The molecule has 7 nitrogen and oxygen atoms in total. The van der Waals surface area contributed by atoms with Gasteiger partial charge in [0.15, 0.2) is 17.5 Å². The van der Waals surface area contributed by atoms with Crippen molar-refractivity contribution in [2.45, 2.75) is 72.4 Å². The van der Waals surface area contributed by atoms with Crippen LogP contribution < -0.4 is 20.1 Å². The first-order valence-electron chi connectivity index (χ1n) is 11.9. The van der Waals surface area contributed by atoms with E-state index in [1.54, 1.807) is 14.2 Å². The number of benzene rings is 1. The molecule has 1 amide bonds. The van der Waals surface area contributed by atoms with Crippen LogP contribution in [0.1, 0.15) is 64.5 Å². The molecule has 0 aliphatic carbocycles. The zero-order chi connectivity index (χ0) is 23.5. The topological polar surface area (TPSA) is 75.2 Å². The summed E-state index contributed by atoms with van der Waals surface area (Å²) in [6.45, 7) is 11.6. The molecule has 0 saturated carbocycles. The first-order chi connectivity index (χ1) is 15.4. The third-order valence-corrected chi connectivity index (χ3v) is 5.79. The number of rotatable bonds is 11. The monoisotopic (exact) mass is 446 g/mol. The Balaban J connectivity index is 1.84. The molecule has 0 spiro atoms. The number of hydrogen-bond acceptors (Lipinski definition) is 4. The highest BCUT2D eigenvalue weighted by Crippen LogP contribution is 2.33. The van der Waals surface area contributed by atoms with Crippen molar-refractivity contribution < 1.29 is 14.3 Å². The molecule has 2 N–H and O–H groups in total. The van der Waals surface area contributed by atoms with E-state index in [1.807, 2.05) is 17.0 Å². The molecule has 1 aliphatic rings. The van der Waals surface area contributed by atoms with E-state index < -0.39 is 0 Å². The zero-order valence-corrected chi connectivity index (χ0v) is 20.8. The minimum absolute atomic E-state index is 0.184. The minimum Gasteiger partial charge on any atom is -0.493 e. The van der Waals surface area contributed by atoms with Gasteiger partial charge in [0.1, 0.15) is 0 Å². The molecular formula is C25H42N4O3. The van der Waals surface area contributed by atoms with Gasteiger partial charge < -0.3 is 25.0 Å². The van der Waals surface area contributed by atoms with Gasteiger partial charge in [-0.2, -0.15) is 0 Å². The van der Waals surface area contributed by atoms with Crippen LogP contribution in [0, 0.1) is 5.92 Å². The van der Waals surface area contributed by atoms with E-state index in [9.17, 15) is 4.79 Å². The quantitative estimate of drug-likeness (QED) is 0.308. The van der Waals surface area contributed by atoms with Crippen LogP contribution in [-0.4, -0.2) is 56.7 Å². The van der Waals surface area contributed by atoms with E-state index in [2.05, 4.69) is 43.3 Å². The number of fused-ring (bicyclic) bond motifs is 1. The molecular weight excluding hydrogens is 404 g/mol. The number of nitrogens with one attached hydrogen (secondary N) is 2. The SMILES string of the molecule is CCNC(=NCCCC(=O)N1CCc2cc(OC)c(OC)cc2C1)NC(C)CCC(C)C. The predicted octanol–water partition coefficient (Wildman–Crippen LogP) is 3.75. The molecule has 0 fully saturated rings. The Hall–Kier alpha value is -2.44. The van der Waals surface area contributed by atoms with Gasteiger partial charge in [-0.05, 0) is 68.7 Å². The summed E-state index contributed by atoms with van der Waals surface area (Å²) in [6.07, 6.45) is 4.40. The largest absolute Gasteiger partial charge is 0.493 e. The number of methoxy groups -OCH3 is 2. The number of hydrogen-bond donors (Lipinski definition) is 2. The minimum atomic E-state index is 0.184. The second-order valence-corrected chi connectivity index (χ2v) is 8.92. The predicted molar refractivity (Wildman–Crippen MR) is 131 cm³/mol. The van der Waals surface area contributed by atoms with Gasteiger partial charge in [0.25, 0.3) is 0 Å². The fraction of sp³-hybridized carbons (Fsp3) is 0.680. The van der Waals surface area contributed by atoms with Crippen LogP contribution in [0.2, 0.25) is 0 Å². The summed E-state index contributed by atoms with van der Waals surface area (Å²) < 4.78 is 10.8. The van der Waals surface area contributed by atoms with Gasteiger partial charge in [-0.15, -0.1) is 0 Å². The molecule has 180 valence electrons. The lowest BCUT2D eigenvalue weighted by molar-refractivity contribution is -0.132. The van der Waals surface area contributed by atoms with Crippen molar-refractivity contribution in [2.75, 3.05) is 33.9 Å². The Bertz CT molecular complexity index is 764. The fourth-order valence-electron chi connectivity index (χ4n) is 3.88. The molecule has 0 aromatic heterocycles. The normalized spacial score (nSPS) is 14.7. The van der Waals surface area contributed by atoms with Crippen molar-refractivity contribution in [2.24, 2.45) is 10.9 Å². The van der Waals surface area contributed by atoms with Crippen molar-refractivity contribution in [1.29, 1.82) is 0 Å². The molecule has 0 saturated heterocycles.